The molecule has 5 nitrogen and oxygen atoms in total. The summed E-state index contributed by atoms with van der Waals surface area (Å²) in [5, 5.41) is 5.13. The van der Waals surface area contributed by atoms with Gasteiger partial charge in [0.2, 0.25) is 11.8 Å². The van der Waals surface area contributed by atoms with Crippen LogP contribution in [0.15, 0.2) is 48.5 Å². The molecule has 1 aliphatic heterocycles. The lowest BCUT2D eigenvalue weighted by molar-refractivity contribution is -0.137. The topological polar surface area (TPSA) is 61.4 Å². The van der Waals surface area contributed by atoms with Crippen molar-refractivity contribution in [2.24, 2.45) is 0 Å². The van der Waals surface area contributed by atoms with Crippen LogP contribution >= 0.6 is 11.6 Å². The maximum absolute atomic E-state index is 13.0. The zero-order chi connectivity index (χ0) is 23.1. The average Bonchev–Trinajstić information content (AvgIpc) is 2.75. The molecule has 0 radical (unpaired) electrons. The Morgan fingerprint density at radius 2 is 1.72 bits per heavy atom. The third-order valence-electron chi connectivity index (χ3n) is 5.36. The van der Waals surface area contributed by atoms with Gasteiger partial charge in [0, 0.05) is 31.2 Å². The monoisotopic (exact) mass is 467 g/mol. The first-order chi connectivity index (χ1) is 15.2. The zero-order valence-electron chi connectivity index (χ0n) is 17.4. The van der Waals surface area contributed by atoms with Crippen LogP contribution in [0, 0.1) is 0 Å². The summed E-state index contributed by atoms with van der Waals surface area (Å²) in [5.41, 5.74) is 0.180. The highest BCUT2D eigenvalue weighted by atomic mass is 35.5. The van der Waals surface area contributed by atoms with E-state index in [1.165, 1.54) is 6.07 Å². The van der Waals surface area contributed by atoms with Crippen LogP contribution in [-0.4, -0.2) is 42.4 Å². The Kier molecular flexibility index (Phi) is 8.15. The van der Waals surface area contributed by atoms with Crippen LogP contribution in [0.4, 0.5) is 18.9 Å². The Morgan fingerprint density at radius 1 is 1.03 bits per heavy atom. The number of hydrogen-bond donors (Lipinski definition) is 2. The lowest BCUT2D eigenvalue weighted by Gasteiger charge is -2.31. The van der Waals surface area contributed by atoms with Gasteiger partial charge in [0.15, 0.2) is 0 Å². The van der Waals surface area contributed by atoms with E-state index in [4.69, 9.17) is 11.6 Å². The Balaban J connectivity index is 1.40. The van der Waals surface area contributed by atoms with Crippen LogP contribution in [0.1, 0.15) is 30.4 Å². The van der Waals surface area contributed by atoms with Gasteiger partial charge in [-0.25, -0.2) is 0 Å². The maximum atomic E-state index is 13.0. The van der Waals surface area contributed by atoms with Crippen LogP contribution in [0.2, 0.25) is 5.02 Å². The summed E-state index contributed by atoms with van der Waals surface area (Å²) in [6.45, 7) is 1.30. The van der Waals surface area contributed by atoms with Crippen molar-refractivity contribution in [2.75, 3.05) is 25.0 Å². The standard InChI is InChI=1S/C23H25ClF3N3O2/c24-20-8-7-18(14-19(20)23(25,26)27)29-22(32)15-30-12-10-17(11-13-30)28-21(31)9-6-16-4-2-1-3-5-16/h1-5,7-8,14,17H,6,9-13,15H2,(H,28,31)(H,29,32). The van der Waals surface area contributed by atoms with Gasteiger partial charge in [-0.15, -0.1) is 0 Å². The predicted molar refractivity (Wildman–Crippen MR) is 117 cm³/mol. The Hall–Kier alpha value is -2.58. The molecule has 0 saturated carbocycles. The molecule has 1 fully saturated rings. The van der Waals surface area contributed by atoms with Gasteiger partial charge in [0.1, 0.15) is 0 Å². The van der Waals surface area contributed by atoms with Crippen molar-refractivity contribution in [3.63, 3.8) is 0 Å². The van der Waals surface area contributed by atoms with Crippen molar-refractivity contribution in [3.05, 3.63) is 64.7 Å². The molecular weight excluding hydrogens is 443 g/mol. The highest BCUT2D eigenvalue weighted by Gasteiger charge is 2.33. The number of nitrogens with one attached hydrogen (secondary N) is 2. The van der Waals surface area contributed by atoms with Gasteiger partial charge in [0.05, 0.1) is 17.1 Å². The molecule has 9 heteroatoms. The summed E-state index contributed by atoms with van der Waals surface area (Å²) >= 11 is 5.60. The van der Waals surface area contributed by atoms with E-state index < -0.39 is 22.7 Å². The summed E-state index contributed by atoms with van der Waals surface area (Å²) in [5.74, 6) is -0.390. The van der Waals surface area contributed by atoms with Crippen LogP contribution in [0.5, 0.6) is 0 Å². The molecule has 2 amide bonds. The highest BCUT2D eigenvalue weighted by molar-refractivity contribution is 6.31. The van der Waals surface area contributed by atoms with Crippen LogP contribution in [0.3, 0.4) is 0 Å². The molecule has 0 atom stereocenters. The molecule has 0 spiro atoms. The summed E-state index contributed by atoms with van der Waals surface area (Å²) < 4.78 is 38.9. The average molecular weight is 468 g/mol. The number of halogens is 4. The summed E-state index contributed by atoms with van der Waals surface area (Å²) in [7, 11) is 0. The number of nitrogens with zero attached hydrogens (tertiary/aromatic N) is 1. The number of piperidine rings is 1. The molecule has 1 aliphatic rings. The van der Waals surface area contributed by atoms with Crippen molar-refractivity contribution in [1.82, 2.24) is 10.2 Å². The minimum Gasteiger partial charge on any atom is -0.353 e. The SMILES string of the molecule is O=C(CN1CCC(NC(=O)CCc2ccccc2)CC1)Nc1ccc(Cl)c(C(F)(F)F)c1. The first kappa shape index (κ1) is 24.1. The van der Waals surface area contributed by atoms with E-state index in [2.05, 4.69) is 10.6 Å². The van der Waals surface area contributed by atoms with E-state index in [0.717, 1.165) is 17.7 Å². The van der Waals surface area contributed by atoms with Gasteiger partial charge in [0.25, 0.3) is 0 Å². The zero-order valence-corrected chi connectivity index (χ0v) is 18.2. The second kappa shape index (κ2) is 10.8. The third-order valence-corrected chi connectivity index (χ3v) is 5.69. The number of rotatable bonds is 7. The van der Waals surface area contributed by atoms with Gasteiger partial charge in [-0.05, 0) is 43.0 Å². The molecule has 2 aromatic carbocycles. The number of aryl methyl sites for hydroxylation is 1. The fraction of sp³-hybridized carbons (Fsp3) is 0.391. The normalized spacial score (nSPS) is 15.4. The van der Waals surface area contributed by atoms with E-state index >= 15 is 0 Å². The van der Waals surface area contributed by atoms with Gasteiger partial charge >= 0.3 is 6.18 Å². The molecule has 0 unspecified atom stereocenters. The number of carbonyl (C=O) groups is 2. The Labute approximate surface area is 189 Å². The number of alkyl halides is 3. The molecule has 0 aliphatic carbocycles. The smallest absolute Gasteiger partial charge is 0.353 e. The number of anilines is 1. The number of amides is 2. The molecule has 1 saturated heterocycles. The number of likely N-dealkylation sites (tertiary alicyclic amines) is 1. The molecule has 2 aromatic rings. The molecule has 0 bridgehead atoms. The fourth-order valence-electron chi connectivity index (χ4n) is 3.66. The third kappa shape index (κ3) is 7.24. The molecule has 172 valence electrons. The van der Waals surface area contributed by atoms with Crippen molar-refractivity contribution >= 4 is 29.1 Å². The first-order valence-electron chi connectivity index (χ1n) is 10.4. The second-order valence-electron chi connectivity index (χ2n) is 7.84. The lowest BCUT2D eigenvalue weighted by atomic mass is 10.0. The number of carbonyl (C=O) groups excluding carboxylic acids is 2. The lowest BCUT2D eigenvalue weighted by Crippen LogP contribution is -2.46. The van der Waals surface area contributed by atoms with Gasteiger partial charge in [-0.3, -0.25) is 14.5 Å². The number of benzene rings is 2. The van der Waals surface area contributed by atoms with E-state index in [-0.39, 0.29) is 24.2 Å². The van der Waals surface area contributed by atoms with Gasteiger partial charge in [-0.2, -0.15) is 13.2 Å². The largest absolute Gasteiger partial charge is 0.417 e. The molecule has 0 aromatic heterocycles. The van der Waals surface area contributed by atoms with Crippen LogP contribution < -0.4 is 10.6 Å². The van der Waals surface area contributed by atoms with Gasteiger partial charge < -0.3 is 10.6 Å². The fourth-order valence-corrected chi connectivity index (χ4v) is 3.89. The summed E-state index contributed by atoms with van der Waals surface area (Å²) in [6, 6.07) is 13.2. The minimum absolute atomic E-state index is 0.00764. The second-order valence-corrected chi connectivity index (χ2v) is 8.25. The molecular formula is C23H25ClF3N3O2. The van der Waals surface area contributed by atoms with E-state index in [1.807, 2.05) is 35.2 Å². The van der Waals surface area contributed by atoms with Crippen molar-refractivity contribution < 1.29 is 22.8 Å². The van der Waals surface area contributed by atoms with Gasteiger partial charge in [-0.1, -0.05) is 41.9 Å². The molecule has 2 N–H and O–H groups in total. The predicted octanol–water partition coefficient (Wildman–Crippen LogP) is 4.51. The maximum Gasteiger partial charge on any atom is 0.417 e. The first-order valence-corrected chi connectivity index (χ1v) is 10.8. The molecule has 3 rings (SSSR count). The van der Waals surface area contributed by atoms with E-state index in [0.29, 0.717) is 38.8 Å². The van der Waals surface area contributed by atoms with Crippen LogP contribution in [-0.2, 0) is 22.2 Å². The van der Waals surface area contributed by atoms with Crippen molar-refractivity contribution in [1.29, 1.82) is 0 Å². The molecule has 32 heavy (non-hydrogen) atoms. The minimum atomic E-state index is -4.59. The summed E-state index contributed by atoms with van der Waals surface area (Å²) in [4.78, 5) is 26.4. The number of hydrogen-bond acceptors (Lipinski definition) is 3. The quantitative estimate of drug-likeness (QED) is 0.630. The molecule has 1 heterocycles. The van der Waals surface area contributed by atoms with Crippen LogP contribution in [0.25, 0.3) is 0 Å². The van der Waals surface area contributed by atoms with Crippen molar-refractivity contribution in [2.45, 2.75) is 37.9 Å². The van der Waals surface area contributed by atoms with E-state index in [1.54, 1.807) is 0 Å². The van der Waals surface area contributed by atoms with E-state index in [9.17, 15) is 22.8 Å². The Morgan fingerprint density at radius 3 is 2.38 bits per heavy atom. The Bertz CT molecular complexity index is 930. The highest BCUT2D eigenvalue weighted by Crippen LogP contribution is 2.36. The van der Waals surface area contributed by atoms with Crippen molar-refractivity contribution in [3.8, 4) is 0 Å². The summed E-state index contributed by atoms with van der Waals surface area (Å²) in [6.07, 6.45) is -2.06.